The molecule has 0 radical (unpaired) electrons. The molecule has 2 aromatic heterocycles. The number of halogens is 1. The highest BCUT2D eigenvalue weighted by molar-refractivity contribution is 9.10. The number of aromatic nitrogens is 2. The van der Waals surface area contributed by atoms with Gasteiger partial charge in [0.2, 0.25) is 5.76 Å². The van der Waals surface area contributed by atoms with Crippen LogP contribution in [0.4, 0.5) is 5.13 Å². The van der Waals surface area contributed by atoms with Crippen LogP contribution in [0.25, 0.3) is 10.2 Å². The maximum absolute atomic E-state index is 12.4. The number of rotatable bonds is 2. The molecular formula is C16H15BrN4O2S. The lowest BCUT2D eigenvalue weighted by Gasteiger charge is -2.33. The molecule has 124 valence electrons. The van der Waals surface area contributed by atoms with Crippen LogP contribution < -0.4 is 4.90 Å². The van der Waals surface area contributed by atoms with Gasteiger partial charge in [-0.1, -0.05) is 32.4 Å². The number of hydrogen-bond acceptors (Lipinski definition) is 6. The van der Waals surface area contributed by atoms with Crippen LogP contribution in [0.1, 0.15) is 16.2 Å². The van der Waals surface area contributed by atoms with Gasteiger partial charge in [0.25, 0.3) is 5.91 Å². The quantitative estimate of drug-likeness (QED) is 0.652. The Morgan fingerprint density at radius 1 is 1.25 bits per heavy atom. The molecule has 1 aromatic carbocycles. The van der Waals surface area contributed by atoms with Crippen molar-refractivity contribution in [1.82, 2.24) is 15.0 Å². The van der Waals surface area contributed by atoms with E-state index in [1.165, 1.54) is 0 Å². The number of nitrogens with zero attached hydrogens (tertiary/aromatic N) is 4. The van der Waals surface area contributed by atoms with E-state index in [-0.39, 0.29) is 5.91 Å². The van der Waals surface area contributed by atoms with Crippen LogP contribution in [0.15, 0.2) is 33.3 Å². The van der Waals surface area contributed by atoms with E-state index in [0.29, 0.717) is 18.8 Å². The summed E-state index contributed by atoms with van der Waals surface area (Å²) in [5.41, 5.74) is 1.73. The van der Waals surface area contributed by atoms with Crippen LogP contribution in [0, 0.1) is 6.92 Å². The van der Waals surface area contributed by atoms with E-state index in [4.69, 9.17) is 9.51 Å². The van der Waals surface area contributed by atoms with Crippen LogP contribution in [0.3, 0.4) is 0 Å². The Morgan fingerprint density at radius 3 is 2.75 bits per heavy atom. The Labute approximate surface area is 151 Å². The van der Waals surface area contributed by atoms with Gasteiger partial charge in [0, 0.05) is 36.7 Å². The highest BCUT2D eigenvalue weighted by Gasteiger charge is 2.26. The Balaban J connectivity index is 1.46. The second-order valence-electron chi connectivity index (χ2n) is 5.72. The molecule has 8 heteroatoms. The second-order valence-corrected chi connectivity index (χ2v) is 7.65. The third-order valence-electron chi connectivity index (χ3n) is 4.02. The number of benzene rings is 1. The van der Waals surface area contributed by atoms with E-state index in [9.17, 15) is 4.79 Å². The van der Waals surface area contributed by atoms with Crippen molar-refractivity contribution in [1.29, 1.82) is 0 Å². The summed E-state index contributed by atoms with van der Waals surface area (Å²) in [5.74, 6) is 0.217. The zero-order chi connectivity index (χ0) is 16.7. The maximum atomic E-state index is 12.4. The summed E-state index contributed by atoms with van der Waals surface area (Å²) in [5, 5.41) is 4.79. The van der Waals surface area contributed by atoms with Crippen molar-refractivity contribution in [3.63, 3.8) is 0 Å². The first kappa shape index (κ1) is 15.6. The first-order valence-corrected chi connectivity index (χ1v) is 9.25. The molecule has 1 aliphatic rings. The van der Waals surface area contributed by atoms with Crippen molar-refractivity contribution in [3.05, 3.63) is 40.2 Å². The molecule has 0 spiro atoms. The topological polar surface area (TPSA) is 62.5 Å². The molecule has 4 rings (SSSR count). The smallest absolute Gasteiger partial charge is 0.292 e. The van der Waals surface area contributed by atoms with Gasteiger partial charge in [-0.25, -0.2) is 4.98 Å². The second kappa shape index (κ2) is 6.18. The van der Waals surface area contributed by atoms with E-state index < -0.39 is 0 Å². The lowest BCUT2D eigenvalue weighted by atomic mass is 10.3. The Kier molecular flexibility index (Phi) is 4.01. The lowest BCUT2D eigenvalue weighted by molar-refractivity contribution is 0.0704. The third kappa shape index (κ3) is 2.91. The van der Waals surface area contributed by atoms with Crippen LogP contribution in [0.2, 0.25) is 0 Å². The van der Waals surface area contributed by atoms with Crippen molar-refractivity contribution in [2.45, 2.75) is 6.92 Å². The number of amides is 1. The van der Waals surface area contributed by atoms with Gasteiger partial charge in [-0.2, -0.15) is 0 Å². The summed E-state index contributed by atoms with van der Waals surface area (Å²) in [7, 11) is 0. The summed E-state index contributed by atoms with van der Waals surface area (Å²) in [6.07, 6.45) is 0. The van der Waals surface area contributed by atoms with Crippen LogP contribution in [0.5, 0.6) is 0 Å². The van der Waals surface area contributed by atoms with Gasteiger partial charge in [-0.3, -0.25) is 4.79 Å². The van der Waals surface area contributed by atoms with E-state index >= 15 is 0 Å². The first-order valence-electron chi connectivity index (χ1n) is 7.64. The number of hydrogen-bond donors (Lipinski definition) is 0. The predicted molar refractivity (Wildman–Crippen MR) is 96.7 cm³/mol. The van der Waals surface area contributed by atoms with Crippen LogP contribution >= 0.6 is 27.3 Å². The largest absolute Gasteiger partial charge is 0.351 e. The van der Waals surface area contributed by atoms with E-state index in [2.05, 4.69) is 32.1 Å². The minimum absolute atomic E-state index is 0.0940. The molecule has 0 unspecified atom stereocenters. The molecule has 1 aliphatic heterocycles. The van der Waals surface area contributed by atoms with Crippen molar-refractivity contribution >= 4 is 48.5 Å². The average Bonchev–Trinajstić information content (AvgIpc) is 3.20. The standard InChI is InChI=1S/C16H15BrN4O2S/c1-10-8-13(23-19-10)15(22)20-4-6-21(7-5-20)16-18-12-3-2-11(17)9-14(12)24-16/h2-3,8-9H,4-7H2,1H3. The molecule has 3 aromatic rings. The van der Waals surface area contributed by atoms with Crippen LogP contribution in [-0.4, -0.2) is 47.1 Å². The number of aryl methyl sites for hydroxylation is 1. The van der Waals surface area contributed by atoms with Gasteiger partial charge in [-0.15, -0.1) is 0 Å². The van der Waals surface area contributed by atoms with Gasteiger partial charge in [0.1, 0.15) is 0 Å². The zero-order valence-corrected chi connectivity index (χ0v) is 15.4. The number of thiazole rings is 1. The lowest BCUT2D eigenvalue weighted by Crippen LogP contribution is -2.48. The monoisotopic (exact) mass is 406 g/mol. The van der Waals surface area contributed by atoms with Crippen molar-refractivity contribution in [2.24, 2.45) is 0 Å². The number of fused-ring (bicyclic) bond motifs is 1. The fourth-order valence-corrected chi connectivity index (χ4v) is 4.31. The molecule has 1 amide bonds. The number of carbonyl (C=O) groups excluding carboxylic acids is 1. The Hall–Kier alpha value is -1.93. The molecule has 1 fully saturated rings. The van der Waals surface area contributed by atoms with Crippen molar-refractivity contribution < 1.29 is 9.32 Å². The number of anilines is 1. The van der Waals surface area contributed by atoms with E-state index in [1.807, 2.05) is 19.1 Å². The van der Waals surface area contributed by atoms with Gasteiger partial charge in [0.05, 0.1) is 15.9 Å². The van der Waals surface area contributed by atoms with E-state index in [0.717, 1.165) is 38.6 Å². The van der Waals surface area contributed by atoms with Crippen molar-refractivity contribution in [3.8, 4) is 0 Å². The molecular weight excluding hydrogens is 392 g/mol. The number of piperazine rings is 1. The Morgan fingerprint density at radius 2 is 2.04 bits per heavy atom. The summed E-state index contributed by atoms with van der Waals surface area (Å²) >= 11 is 5.17. The fraction of sp³-hybridized carbons (Fsp3) is 0.312. The molecule has 6 nitrogen and oxygen atoms in total. The summed E-state index contributed by atoms with van der Waals surface area (Å²) < 4.78 is 7.29. The average molecular weight is 407 g/mol. The molecule has 3 heterocycles. The van der Waals surface area contributed by atoms with Crippen LogP contribution in [-0.2, 0) is 0 Å². The minimum atomic E-state index is -0.0940. The molecule has 0 atom stereocenters. The predicted octanol–water partition coefficient (Wildman–Crippen LogP) is 3.32. The molecule has 0 aliphatic carbocycles. The Bertz CT molecular complexity index is 899. The summed E-state index contributed by atoms with van der Waals surface area (Å²) in [6.45, 7) is 4.64. The van der Waals surface area contributed by atoms with Gasteiger partial charge >= 0.3 is 0 Å². The molecule has 0 saturated carbocycles. The van der Waals surface area contributed by atoms with E-state index in [1.54, 1.807) is 22.3 Å². The third-order valence-corrected chi connectivity index (χ3v) is 5.59. The molecule has 24 heavy (non-hydrogen) atoms. The summed E-state index contributed by atoms with van der Waals surface area (Å²) in [4.78, 5) is 21.1. The highest BCUT2D eigenvalue weighted by Crippen LogP contribution is 2.31. The molecule has 0 bridgehead atoms. The molecule has 1 saturated heterocycles. The fourth-order valence-electron chi connectivity index (χ4n) is 2.74. The summed E-state index contributed by atoms with van der Waals surface area (Å²) in [6, 6.07) is 7.79. The van der Waals surface area contributed by atoms with Gasteiger partial charge in [-0.05, 0) is 25.1 Å². The SMILES string of the molecule is Cc1cc(C(=O)N2CCN(c3nc4ccc(Br)cc4s3)CC2)on1. The highest BCUT2D eigenvalue weighted by atomic mass is 79.9. The van der Waals surface area contributed by atoms with Gasteiger partial charge < -0.3 is 14.3 Å². The molecule has 0 N–H and O–H groups in total. The van der Waals surface area contributed by atoms with Gasteiger partial charge in [0.15, 0.2) is 5.13 Å². The van der Waals surface area contributed by atoms with Crippen molar-refractivity contribution in [2.75, 3.05) is 31.1 Å². The number of carbonyl (C=O) groups is 1. The minimum Gasteiger partial charge on any atom is -0.351 e. The maximum Gasteiger partial charge on any atom is 0.292 e. The normalized spacial score (nSPS) is 15.2. The first-order chi connectivity index (χ1) is 11.6. The zero-order valence-electron chi connectivity index (χ0n) is 13.0.